The van der Waals surface area contributed by atoms with E-state index in [9.17, 15) is 14.7 Å². The number of rotatable bonds is 11. The quantitative estimate of drug-likeness (QED) is 0.395. The third-order valence-electron chi connectivity index (χ3n) is 6.77. The van der Waals surface area contributed by atoms with Crippen molar-refractivity contribution >= 4 is 17.8 Å². The molecule has 9 nitrogen and oxygen atoms in total. The van der Waals surface area contributed by atoms with Crippen molar-refractivity contribution in [1.29, 1.82) is 5.41 Å². The molecule has 37 heavy (non-hydrogen) atoms. The number of aromatic nitrogens is 1. The zero-order chi connectivity index (χ0) is 26.9. The van der Waals surface area contributed by atoms with Crippen LogP contribution in [0.15, 0.2) is 35.4 Å². The number of nitrogens with one attached hydrogen (secondary N) is 2. The maximum Gasteiger partial charge on any atom is 0.341 e. The zero-order valence-corrected chi connectivity index (χ0v) is 22.1. The number of methoxy groups -OCH3 is 1. The molecule has 0 radical (unpaired) electrons. The van der Waals surface area contributed by atoms with E-state index in [1.165, 1.54) is 31.3 Å². The summed E-state index contributed by atoms with van der Waals surface area (Å²) in [7, 11) is 1.57. The van der Waals surface area contributed by atoms with Crippen LogP contribution in [0.1, 0.15) is 62.0 Å². The van der Waals surface area contributed by atoms with Gasteiger partial charge in [0.25, 0.3) is 0 Å². The second-order valence-corrected chi connectivity index (χ2v) is 10.7. The van der Waals surface area contributed by atoms with Crippen molar-refractivity contribution in [3.63, 3.8) is 0 Å². The van der Waals surface area contributed by atoms with Crippen molar-refractivity contribution in [3.05, 3.63) is 57.5 Å². The summed E-state index contributed by atoms with van der Waals surface area (Å²) in [6.45, 7) is 9.98. The average molecular weight is 509 g/mol. The van der Waals surface area contributed by atoms with Gasteiger partial charge in [0.2, 0.25) is 0 Å². The summed E-state index contributed by atoms with van der Waals surface area (Å²) < 4.78 is 13.3. The molecular formula is C28H36N4O5. The Morgan fingerprint density at radius 2 is 2.00 bits per heavy atom. The van der Waals surface area contributed by atoms with Crippen molar-refractivity contribution in [2.75, 3.05) is 25.3 Å². The lowest BCUT2D eigenvalue weighted by Gasteiger charge is -2.38. The standard InChI is InChI=1S/C28H36N4O5/c1-17(2)31-13-19-8-22(20(11-29)12-30-28(3,4)16-37-15-18-6-7-18)26(36-5)9-21(19)24-10-25(33)23(27(34)35)14-32(24)31/h8-12,14,17-18,29-30H,6-7,13,15-16H2,1-5H3,(H,34,35)/b20-12+,29-11?. The number of carboxylic acid groups (broad SMARTS) is 1. The van der Waals surface area contributed by atoms with Crippen LogP contribution >= 0.6 is 0 Å². The Labute approximate surface area is 217 Å². The minimum absolute atomic E-state index is 0.0393. The van der Waals surface area contributed by atoms with Gasteiger partial charge in [0.15, 0.2) is 5.43 Å². The lowest BCUT2D eigenvalue weighted by molar-refractivity contribution is 0.0694. The van der Waals surface area contributed by atoms with Crippen LogP contribution in [0.2, 0.25) is 0 Å². The minimum Gasteiger partial charge on any atom is -0.496 e. The third-order valence-corrected chi connectivity index (χ3v) is 6.77. The summed E-state index contributed by atoms with van der Waals surface area (Å²) in [4.78, 5) is 24.2. The van der Waals surface area contributed by atoms with Gasteiger partial charge in [0, 0.05) is 54.0 Å². The number of allylic oxidation sites excluding steroid dienone is 1. The molecule has 2 aromatic rings. The number of pyridine rings is 1. The summed E-state index contributed by atoms with van der Waals surface area (Å²) >= 11 is 0. The van der Waals surface area contributed by atoms with Gasteiger partial charge in [-0.3, -0.25) is 9.47 Å². The predicted octanol–water partition coefficient (Wildman–Crippen LogP) is 3.87. The van der Waals surface area contributed by atoms with Crippen LogP contribution in [0.25, 0.3) is 16.8 Å². The molecule has 1 aliphatic carbocycles. The number of hydrogen-bond acceptors (Lipinski definition) is 7. The Hall–Kier alpha value is -3.59. The number of nitrogens with zero attached hydrogens (tertiary/aromatic N) is 2. The molecule has 0 saturated heterocycles. The summed E-state index contributed by atoms with van der Waals surface area (Å²) in [6, 6.07) is 5.25. The van der Waals surface area contributed by atoms with Gasteiger partial charge in [-0.25, -0.2) is 4.79 Å². The summed E-state index contributed by atoms with van der Waals surface area (Å²) in [5, 5.41) is 23.0. The van der Waals surface area contributed by atoms with Gasteiger partial charge in [-0.1, -0.05) is 0 Å². The van der Waals surface area contributed by atoms with E-state index in [1.807, 2.05) is 37.2 Å². The first-order chi connectivity index (χ1) is 17.5. The second kappa shape index (κ2) is 10.4. The van der Waals surface area contributed by atoms with Crippen LogP contribution in [0, 0.1) is 11.3 Å². The van der Waals surface area contributed by atoms with E-state index < -0.39 is 11.4 Å². The molecule has 1 aromatic heterocycles. The first kappa shape index (κ1) is 26.5. The predicted molar refractivity (Wildman–Crippen MR) is 144 cm³/mol. The molecule has 2 heterocycles. The van der Waals surface area contributed by atoms with Gasteiger partial charge in [-0.15, -0.1) is 0 Å². The Bertz CT molecular complexity index is 1290. The van der Waals surface area contributed by atoms with Gasteiger partial charge in [0.05, 0.1) is 31.5 Å². The lowest BCUT2D eigenvalue weighted by Crippen LogP contribution is -2.44. The van der Waals surface area contributed by atoms with Crippen LogP contribution < -0.4 is 20.5 Å². The van der Waals surface area contributed by atoms with Crippen molar-refractivity contribution in [2.45, 2.75) is 58.7 Å². The molecule has 9 heteroatoms. The maximum atomic E-state index is 12.6. The number of carboxylic acids is 1. The molecule has 0 amide bonds. The Kier molecular flexibility index (Phi) is 7.45. The van der Waals surface area contributed by atoms with Crippen LogP contribution in [0.4, 0.5) is 0 Å². The number of fused-ring (bicyclic) bond motifs is 3. The third kappa shape index (κ3) is 5.72. The van der Waals surface area contributed by atoms with Crippen molar-refractivity contribution in [3.8, 4) is 17.0 Å². The largest absolute Gasteiger partial charge is 0.496 e. The van der Waals surface area contributed by atoms with E-state index in [-0.39, 0.29) is 17.1 Å². The molecule has 4 rings (SSSR count). The van der Waals surface area contributed by atoms with E-state index in [2.05, 4.69) is 19.2 Å². The number of aromatic carboxylic acids is 1. The number of carbonyl (C=O) groups is 1. The summed E-state index contributed by atoms with van der Waals surface area (Å²) in [5.74, 6) is -0.000373. The van der Waals surface area contributed by atoms with Crippen LogP contribution in [0.3, 0.4) is 0 Å². The van der Waals surface area contributed by atoms with E-state index in [0.717, 1.165) is 23.3 Å². The number of ether oxygens (including phenoxy) is 2. The fraction of sp³-hybridized carbons (Fsp3) is 0.464. The first-order valence-electron chi connectivity index (χ1n) is 12.6. The molecule has 0 unspecified atom stereocenters. The van der Waals surface area contributed by atoms with Gasteiger partial charge in [0.1, 0.15) is 11.3 Å². The molecule has 1 fully saturated rings. The number of benzene rings is 1. The van der Waals surface area contributed by atoms with Crippen LogP contribution in [-0.4, -0.2) is 53.9 Å². The monoisotopic (exact) mass is 508 g/mol. The van der Waals surface area contributed by atoms with Gasteiger partial charge in [-0.05, 0) is 64.2 Å². The van der Waals surface area contributed by atoms with E-state index >= 15 is 0 Å². The van der Waals surface area contributed by atoms with E-state index in [0.29, 0.717) is 36.1 Å². The molecule has 0 bridgehead atoms. The highest BCUT2D eigenvalue weighted by Gasteiger charge is 2.28. The molecule has 1 saturated carbocycles. The highest BCUT2D eigenvalue weighted by atomic mass is 16.5. The molecule has 0 atom stereocenters. The van der Waals surface area contributed by atoms with Gasteiger partial charge in [-0.2, -0.15) is 0 Å². The topological polar surface area (TPSA) is 117 Å². The molecule has 198 valence electrons. The van der Waals surface area contributed by atoms with Gasteiger partial charge < -0.3 is 30.3 Å². The van der Waals surface area contributed by atoms with Gasteiger partial charge >= 0.3 is 5.97 Å². The van der Waals surface area contributed by atoms with Crippen molar-refractivity contribution in [2.24, 2.45) is 5.92 Å². The molecule has 2 aliphatic rings. The minimum atomic E-state index is -1.25. The van der Waals surface area contributed by atoms with E-state index in [4.69, 9.17) is 14.9 Å². The summed E-state index contributed by atoms with van der Waals surface area (Å²) in [5.41, 5.74) is 2.60. The zero-order valence-electron chi connectivity index (χ0n) is 22.1. The van der Waals surface area contributed by atoms with E-state index in [1.54, 1.807) is 11.8 Å². The fourth-order valence-corrected chi connectivity index (χ4v) is 4.45. The van der Waals surface area contributed by atoms with Crippen LogP contribution in [-0.2, 0) is 11.3 Å². The average Bonchev–Trinajstić information content (AvgIpc) is 3.67. The first-order valence-corrected chi connectivity index (χ1v) is 12.6. The van der Waals surface area contributed by atoms with Crippen molar-refractivity contribution < 1.29 is 19.4 Å². The van der Waals surface area contributed by atoms with Crippen molar-refractivity contribution in [1.82, 2.24) is 9.99 Å². The Balaban J connectivity index is 1.72. The Morgan fingerprint density at radius 1 is 1.27 bits per heavy atom. The summed E-state index contributed by atoms with van der Waals surface area (Å²) in [6.07, 6.45) is 7.00. The van der Waals surface area contributed by atoms with Crippen LogP contribution in [0.5, 0.6) is 5.75 Å². The molecule has 1 aromatic carbocycles. The highest BCUT2D eigenvalue weighted by Crippen LogP contribution is 2.37. The maximum absolute atomic E-state index is 12.6. The normalized spacial score (nSPS) is 15.3. The fourth-order valence-electron chi connectivity index (χ4n) is 4.45. The molecular weight excluding hydrogens is 472 g/mol. The SMILES string of the molecule is COc1cc2c(cc1/C(C=N)=C/NC(C)(C)COCC1CC1)CN(C(C)C)n1cc(C(=O)O)c(=O)cc1-2. The number of hydrogen-bond donors (Lipinski definition) is 3. The molecule has 1 aliphatic heterocycles. The lowest BCUT2D eigenvalue weighted by atomic mass is 9.94. The molecule has 0 spiro atoms. The molecule has 3 N–H and O–H groups in total. The second-order valence-electron chi connectivity index (χ2n) is 10.7. The smallest absolute Gasteiger partial charge is 0.341 e. The highest BCUT2D eigenvalue weighted by molar-refractivity contribution is 6.09. The Morgan fingerprint density at radius 3 is 2.59 bits per heavy atom.